The molecule has 1 N–H and O–H groups in total. The number of ether oxygens (including phenoxy) is 1. The number of urea groups is 1. The van der Waals surface area contributed by atoms with Crippen molar-refractivity contribution in [3.63, 3.8) is 0 Å². The lowest BCUT2D eigenvalue weighted by atomic mass is 10.0. The standard InChI is InChI=1S/C22H29F2N5O2.C2H6/c1-14-4-5-16(12-17(14)20(23)24)27(3)21-18-13-28(22(30)25-2)9-6-19(18)29(26-21)15-7-10-31-11-8-15;1-2/h4-5,12,15,20H,6-11,13H2,1-3H3,(H,25,30);1-2H3. The highest BCUT2D eigenvalue weighted by atomic mass is 19.3. The third-order valence-corrected chi connectivity index (χ3v) is 6.31. The van der Waals surface area contributed by atoms with E-state index in [0.717, 1.165) is 24.1 Å². The molecular formula is C24H35F2N5O2. The fourth-order valence-electron chi connectivity index (χ4n) is 4.45. The molecule has 0 atom stereocenters. The lowest BCUT2D eigenvalue weighted by molar-refractivity contribution is 0.0651. The Morgan fingerprint density at radius 2 is 1.97 bits per heavy atom. The Kier molecular flexibility index (Phi) is 8.29. The largest absolute Gasteiger partial charge is 0.381 e. The van der Waals surface area contributed by atoms with Crippen molar-refractivity contribution in [1.29, 1.82) is 0 Å². The van der Waals surface area contributed by atoms with E-state index in [2.05, 4.69) is 10.00 Å². The number of aromatic nitrogens is 2. The van der Waals surface area contributed by atoms with Gasteiger partial charge in [0.1, 0.15) is 0 Å². The molecule has 1 saturated heterocycles. The van der Waals surface area contributed by atoms with Crippen molar-refractivity contribution in [3.8, 4) is 0 Å². The Morgan fingerprint density at radius 3 is 2.61 bits per heavy atom. The molecule has 3 heterocycles. The van der Waals surface area contributed by atoms with Crippen molar-refractivity contribution in [3.05, 3.63) is 40.6 Å². The number of alkyl halides is 2. The minimum atomic E-state index is -2.54. The molecule has 0 aliphatic carbocycles. The molecule has 9 heteroatoms. The molecule has 2 aliphatic heterocycles. The van der Waals surface area contributed by atoms with E-state index in [1.807, 2.05) is 31.9 Å². The van der Waals surface area contributed by atoms with Gasteiger partial charge in [-0.3, -0.25) is 4.68 Å². The summed E-state index contributed by atoms with van der Waals surface area (Å²) in [6.07, 6.45) is -0.0600. The number of hydrogen-bond donors (Lipinski definition) is 1. The van der Waals surface area contributed by atoms with E-state index in [1.165, 1.54) is 6.07 Å². The first kappa shape index (κ1) is 25.0. The van der Waals surface area contributed by atoms with Gasteiger partial charge in [-0.15, -0.1) is 0 Å². The quantitative estimate of drug-likeness (QED) is 0.695. The number of amides is 2. The summed E-state index contributed by atoms with van der Waals surface area (Å²) < 4.78 is 34.5. The van der Waals surface area contributed by atoms with Crippen LogP contribution in [0.1, 0.15) is 61.5 Å². The third-order valence-electron chi connectivity index (χ3n) is 6.31. The van der Waals surface area contributed by atoms with Crippen LogP contribution in [0.2, 0.25) is 0 Å². The molecule has 0 radical (unpaired) electrons. The molecule has 1 aromatic carbocycles. The van der Waals surface area contributed by atoms with Gasteiger partial charge in [0.15, 0.2) is 5.82 Å². The third kappa shape index (κ3) is 5.13. The zero-order valence-electron chi connectivity index (χ0n) is 20.2. The van der Waals surface area contributed by atoms with E-state index < -0.39 is 6.43 Å². The predicted molar refractivity (Wildman–Crippen MR) is 125 cm³/mol. The zero-order chi connectivity index (χ0) is 24.1. The van der Waals surface area contributed by atoms with E-state index in [-0.39, 0.29) is 17.6 Å². The number of carbonyl (C=O) groups is 1. The summed E-state index contributed by atoms with van der Waals surface area (Å²) in [6, 6.07) is 5.19. The maximum absolute atomic E-state index is 13.5. The van der Waals surface area contributed by atoms with E-state index in [4.69, 9.17) is 9.84 Å². The number of fused-ring (bicyclic) bond motifs is 1. The number of anilines is 2. The Bertz CT molecular complexity index is 957. The second-order valence-electron chi connectivity index (χ2n) is 8.16. The van der Waals surface area contributed by atoms with Crippen molar-refractivity contribution < 1.29 is 18.3 Å². The second kappa shape index (κ2) is 11.0. The molecule has 1 fully saturated rings. The molecule has 0 bridgehead atoms. The number of nitrogens with one attached hydrogen (secondary N) is 1. The highest BCUT2D eigenvalue weighted by Gasteiger charge is 2.32. The lowest BCUT2D eigenvalue weighted by Gasteiger charge is -2.30. The molecule has 1 aromatic heterocycles. The van der Waals surface area contributed by atoms with Gasteiger partial charge in [0.25, 0.3) is 6.43 Å². The van der Waals surface area contributed by atoms with Crippen molar-refractivity contribution in [1.82, 2.24) is 20.0 Å². The van der Waals surface area contributed by atoms with Gasteiger partial charge in [-0.25, -0.2) is 13.6 Å². The summed E-state index contributed by atoms with van der Waals surface area (Å²) in [4.78, 5) is 15.9. The summed E-state index contributed by atoms with van der Waals surface area (Å²) in [5, 5.41) is 7.64. The minimum Gasteiger partial charge on any atom is -0.381 e. The van der Waals surface area contributed by atoms with E-state index in [1.54, 1.807) is 24.9 Å². The summed E-state index contributed by atoms with van der Waals surface area (Å²) in [5.74, 6) is 0.708. The number of benzene rings is 1. The van der Waals surface area contributed by atoms with Crippen LogP contribution in [0.15, 0.2) is 18.2 Å². The van der Waals surface area contributed by atoms with Gasteiger partial charge in [-0.2, -0.15) is 5.10 Å². The van der Waals surface area contributed by atoms with Crippen molar-refractivity contribution in [2.45, 2.75) is 59.0 Å². The average molecular weight is 464 g/mol. The topological polar surface area (TPSA) is 62.6 Å². The Hall–Kier alpha value is -2.68. The number of halogens is 2. The summed E-state index contributed by atoms with van der Waals surface area (Å²) in [5.41, 5.74) is 3.33. The molecule has 4 rings (SSSR count). The molecule has 0 unspecified atom stereocenters. The van der Waals surface area contributed by atoms with Gasteiger partial charge in [0.05, 0.1) is 12.6 Å². The van der Waals surface area contributed by atoms with Crippen LogP contribution in [-0.2, 0) is 17.7 Å². The number of aryl methyl sites for hydroxylation is 1. The van der Waals surface area contributed by atoms with Gasteiger partial charge < -0.3 is 19.9 Å². The molecule has 2 amide bonds. The highest BCUT2D eigenvalue weighted by Crippen LogP contribution is 2.37. The fraction of sp³-hybridized carbons (Fsp3) is 0.583. The number of rotatable bonds is 4. The van der Waals surface area contributed by atoms with Crippen LogP contribution in [-0.4, -0.2) is 54.6 Å². The Labute approximate surface area is 194 Å². The van der Waals surface area contributed by atoms with Crippen molar-refractivity contribution >= 4 is 17.5 Å². The average Bonchev–Trinajstić information content (AvgIpc) is 3.24. The van der Waals surface area contributed by atoms with Crippen LogP contribution in [0, 0.1) is 6.92 Å². The number of hydrogen-bond acceptors (Lipinski definition) is 4. The molecule has 0 saturated carbocycles. The van der Waals surface area contributed by atoms with E-state index >= 15 is 0 Å². The van der Waals surface area contributed by atoms with Crippen molar-refractivity contribution in [2.75, 3.05) is 38.8 Å². The summed E-state index contributed by atoms with van der Waals surface area (Å²) in [7, 11) is 3.46. The SMILES string of the molecule is CC.CNC(=O)N1CCc2c(c(N(C)c3ccc(C)c(C(F)F)c3)nn2C2CCOCC2)C1. The first-order chi connectivity index (χ1) is 15.9. The zero-order valence-corrected chi connectivity index (χ0v) is 20.2. The smallest absolute Gasteiger partial charge is 0.317 e. The van der Waals surface area contributed by atoms with E-state index in [9.17, 15) is 13.6 Å². The molecule has 33 heavy (non-hydrogen) atoms. The maximum Gasteiger partial charge on any atom is 0.317 e. The van der Waals surface area contributed by atoms with Gasteiger partial charge in [-0.05, 0) is 37.5 Å². The minimum absolute atomic E-state index is 0.0223. The normalized spacial score (nSPS) is 16.2. The van der Waals surface area contributed by atoms with Crippen LogP contribution in [0.25, 0.3) is 0 Å². The lowest BCUT2D eigenvalue weighted by Crippen LogP contribution is -2.41. The second-order valence-corrected chi connectivity index (χ2v) is 8.16. The Morgan fingerprint density at radius 1 is 1.27 bits per heavy atom. The summed E-state index contributed by atoms with van der Waals surface area (Å²) >= 11 is 0. The monoisotopic (exact) mass is 463 g/mol. The number of carbonyl (C=O) groups excluding carboxylic acids is 1. The molecule has 182 valence electrons. The predicted octanol–water partition coefficient (Wildman–Crippen LogP) is 4.97. The van der Waals surface area contributed by atoms with E-state index in [0.29, 0.717) is 49.8 Å². The van der Waals surface area contributed by atoms with Crippen LogP contribution < -0.4 is 10.2 Å². The van der Waals surface area contributed by atoms with Crippen LogP contribution in [0.4, 0.5) is 25.1 Å². The first-order valence-electron chi connectivity index (χ1n) is 11.7. The van der Waals surface area contributed by atoms with Crippen LogP contribution in [0.3, 0.4) is 0 Å². The fourth-order valence-corrected chi connectivity index (χ4v) is 4.45. The van der Waals surface area contributed by atoms with Gasteiger partial charge in [0.2, 0.25) is 0 Å². The highest BCUT2D eigenvalue weighted by molar-refractivity contribution is 5.75. The molecule has 7 nitrogen and oxygen atoms in total. The summed E-state index contributed by atoms with van der Waals surface area (Å²) in [6.45, 7) is 8.14. The maximum atomic E-state index is 13.5. The van der Waals surface area contributed by atoms with Crippen LogP contribution >= 0.6 is 0 Å². The van der Waals surface area contributed by atoms with Gasteiger partial charge in [0, 0.05) is 62.8 Å². The van der Waals surface area contributed by atoms with Gasteiger partial charge >= 0.3 is 6.03 Å². The van der Waals surface area contributed by atoms with Crippen LogP contribution in [0.5, 0.6) is 0 Å². The molecule has 0 spiro atoms. The number of nitrogens with zero attached hydrogens (tertiary/aromatic N) is 4. The van der Waals surface area contributed by atoms with Crippen molar-refractivity contribution in [2.24, 2.45) is 0 Å². The molecular weight excluding hydrogens is 428 g/mol. The van der Waals surface area contributed by atoms with Gasteiger partial charge in [-0.1, -0.05) is 19.9 Å². The first-order valence-corrected chi connectivity index (χ1v) is 11.7. The molecule has 2 aliphatic rings. The Balaban J connectivity index is 0.00000149. The molecule has 2 aromatic rings.